The number of rotatable bonds is 6. The van der Waals surface area contributed by atoms with Crippen molar-refractivity contribution in [1.29, 1.82) is 0 Å². The summed E-state index contributed by atoms with van der Waals surface area (Å²) in [4.78, 5) is 27.6. The van der Waals surface area contributed by atoms with Gasteiger partial charge in [-0.15, -0.1) is 0 Å². The van der Waals surface area contributed by atoms with Crippen LogP contribution in [0.5, 0.6) is 0 Å². The molecule has 8 nitrogen and oxygen atoms in total. The first-order valence-corrected chi connectivity index (χ1v) is 8.78. The van der Waals surface area contributed by atoms with Crippen LogP contribution in [0.15, 0.2) is 42.6 Å². The van der Waals surface area contributed by atoms with E-state index in [0.29, 0.717) is 17.8 Å². The van der Waals surface area contributed by atoms with Gasteiger partial charge in [0.2, 0.25) is 0 Å². The second kappa shape index (κ2) is 6.71. The first kappa shape index (κ1) is 17.0. The van der Waals surface area contributed by atoms with Crippen LogP contribution in [0.4, 0.5) is 11.4 Å². The lowest BCUT2D eigenvalue weighted by atomic mass is 10.1. The number of hydrogen-bond donors (Lipinski definition) is 2. The van der Waals surface area contributed by atoms with E-state index < -0.39 is 4.92 Å². The molecule has 2 aromatic heterocycles. The van der Waals surface area contributed by atoms with Crippen molar-refractivity contribution in [1.82, 2.24) is 14.7 Å². The summed E-state index contributed by atoms with van der Waals surface area (Å²) in [6.45, 7) is 2.33. The van der Waals surface area contributed by atoms with E-state index in [1.165, 1.54) is 6.07 Å². The summed E-state index contributed by atoms with van der Waals surface area (Å²) in [6, 6.07) is 10.5. The van der Waals surface area contributed by atoms with Gasteiger partial charge in [-0.25, -0.2) is 4.98 Å². The number of benzene rings is 1. The van der Waals surface area contributed by atoms with Gasteiger partial charge in [0.05, 0.1) is 17.2 Å². The van der Waals surface area contributed by atoms with Crippen molar-refractivity contribution >= 4 is 22.9 Å². The Labute approximate surface area is 155 Å². The molecule has 4 rings (SSSR count). The van der Waals surface area contributed by atoms with E-state index >= 15 is 0 Å². The average Bonchev–Trinajstić information content (AvgIpc) is 3.35. The van der Waals surface area contributed by atoms with Crippen LogP contribution in [0.3, 0.4) is 0 Å². The van der Waals surface area contributed by atoms with Crippen molar-refractivity contribution in [3.05, 3.63) is 69.7 Å². The van der Waals surface area contributed by atoms with Gasteiger partial charge in [0.25, 0.3) is 11.6 Å². The van der Waals surface area contributed by atoms with Crippen LogP contribution in [0.1, 0.15) is 34.6 Å². The van der Waals surface area contributed by atoms with Crippen LogP contribution in [-0.2, 0) is 6.54 Å². The molecular weight excluding hydrogens is 346 g/mol. The van der Waals surface area contributed by atoms with Gasteiger partial charge in [0, 0.05) is 29.6 Å². The Morgan fingerprint density at radius 3 is 2.85 bits per heavy atom. The van der Waals surface area contributed by atoms with E-state index in [1.807, 2.05) is 35.7 Å². The topological polar surface area (TPSA) is 102 Å². The Hall–Kier alpha value is -3.42. The number of carbonyl (C=O) groups is 1. The number of carbonyl (C=O) groups excluding carboxylic acids is 1. The second-order valence-corrected chi connectivity index (χ2v) is 6.72. The van der Waals surface area contributed by atoms with Crippen molar-refractivity contribution < 1.29 is 9.72 Å². The van der Waals surface area contributed by atoms with Gasteiger partial charge in [-0.3, -0.25) is 14.9 Å². The number of anilines is 1. The van der Waals surface area contributed by atoms with E-state index in [2.05, 4.69) is 15.6 Å². The predicted octanol–water partition coefficient (Wildman–Crippen LogP) is 3.06. The number of imidazole rings is 1. The average molecular weight is 365 g/mol. The molecule has 0 radical (unpaired) electrons. The van der Waals surface area contributed by atoms with Gasteiger partial charge in [0.15, 0.2) is 0 Å². The summed E-state index contributed by atoms with van der Waals surface area (Å²) in [5.41, 5.74) is 3.18. The van der Waals surface area contributed by atoms with E-state index in [1.54, 1.807) is 12.1 Å². The SMILES string of the molecule is Cc1cccc2nc(CNc3ccc(C(=O)NC4CC4)cc3[N+](=O)[O-])cn12. The maximum absolute atomic E-state index is 12.1. The summed E-state index contributed by atoms with van der Waals surface area (Å²) in [7, 11) is 0. The Morgan fingerprint density at radius 1 is 1.33 bits per heavy atom. The number of hydrogen-bond acceptors (Lipinski definition) is 5. The quantitative estimate of drug-likeness (QED) is 0.516. The summed E-state index contributed by atoms with van der Waals surface area (Å²) >= 11 is 0. The normalized spacial score (nSPS) is 13.5. The molecule has 0 atom stereocenters. The minimum Gasteiger partial charge on any atom is -0.374 e. The molecule has 138 valence electrons. The fraction of sp³-hybridized carbons (Fsp3) is 0.263. The van der Waals surface area contributed by atoms with Crippen molar-refractivity contribution in [3.8, 4) is 0 Å². The van der Waals surface area contributed by atoms with Crippen LogP contribution in [-0.4, -0.2) is 26.3 Å². The number of aryl methyl sites for hydroxylation is 1. The highest BCUT2D eigenvalue weighted by Gasteiger charge is 2.25. The molecule has 0 aliphatic heterocycles. The zero-order chi connectivity index (χ0) is 19.0. The molecule has 1 amide bonds. The molecule has 0 bridgehead atoms. The monoisotopic (exact) mass is 365 g/mol. The molecule has 8 heteroatoms. The van der Waals surface area contributed by atoms with E-state index in [9.17, 15) is 14.9 Å². The van der Waals surface area contributed by atoms with Crippen LogP contribution in [0.2, 0.25) is 0 Å². The smallest absolute Gasteiger partial charge is 0.293 e. The highest BCUT2D eigenvalue weighted by molar-refractivity contribution is 5.96. The maximum atomic E-state index is 12.1. The number of amides is 1. The largest absolute Gasteiger partial charge is 0.374 e. The number of nitrogens with one attached hydrogen (secondary N) is 2. The summed E-state index contributed by atoms with van der Waals surface area (Å²) in [5.74, 6) is -0.275. The Kier molecular flexibility index (Phi) is 4.23. The third-order valence-electron chi connectivity index (χ3n) is 4.57. The van der Waals surface area contributed by atoms with Crippen molar-refractivity contribution in [2.75, 3.05) is 5.32 Å². The van der Waals surface area contributed by atoms with Gasteiger partial charge >= 0.3 is 0 Å². The van der Waals surface area contributed by atoms with Crippen molar-refractivity contribution in [2.24, 2.45) is 0 Å². The molecule has 1 saturated carbocycles. The van der Waals surface area contributed by atoms with Gasteiger partial charge < -0.3 is 15.0 Å². The molecule has 1 aliphatic carbocycles. The fourth-order valence-corrected chi connectivity index (χ4v) is 2.94. The van der Waals surface area contributed by atoms with Gasteiger partial charge in [0.1, 0.15) is 11.3 Å². The number of nitro groups is 1. The Bertz CT molecular complexity index is 1040. The van der Waals surface area contributed by atoms with Gasteiger partial charge in [-0.2, -0.15) is 0 Å². The highest BCUT2D eigenvalue weighted by atomic mass is 16.6. The number of nitrogens with zero attached hydrogens (tertiary/aromatic N) is 3. The number of nitro benzene ring substituents is 1. The van der Waals surface area contributed by atoms with Crippen LogP contribution < -0.4 is 10.6 Å². The number of aromatic nitrogens is 2. The summed E-state index contributed by atoms with van der Waals surface area (Å²) < 4.78 is 1.97. The zero-order valence-electron chi connectivity index (χ0n) is 14.8. The maximum Gasteiger partial charge on any atom is 0.293 e. The first-order valence-electron chi connectivity index (χ1n) is 8.78. The molecule has 1 aliphatic rings. The predicted molar refractivity (Wildman–Crippen MR) is 101 cm³/mol. The third kappa shape index (κ3) is 3.59. The molecule has 0 spiro atoms. The first-order chi connectivity index (χ1) is 13.0. The standard InChI is InChI=1S/C19H19N5O3/c1-12-3-2-4-18-21-15(11-23(12)18)10-20-16-8-5-13(9-17(16)24(26)27)19(25)22-14-6-7-14/h2-5,8-9,11,14,20H,6-7,10H2,1H3,(H,22,25). The van der Waals surface area contributed by atoms with Gasteiger partial charge in [-0.1, -0.05) is 6.07 Å². The van der Waals surface area contributed by atoms with E-state index in [0.717, 1.165) is 29.9 Å². The van der Waals surface area contributed by atoms with Gasteiger partial charge in [-0.05, 0) is 44.0 Å². The summed E-state index contributed by atoms with van der Waals surface area (Å²) in [6.07, 6.45) is 3.83. The van der Waals surface area contributed by atoms with Crippen molar-refractivity contribution in [2.45, 2.75) is 32.4 Å². The number of pyridine rings is 1. The molecule has 3 aromatic rings. The zero-order valence-corrected chi connectivity index (χ0v) is 14.8. The lowest BCUT2D eigenvalue weighted by Gasteiger charge is -2.08. The molecular formula is C19H19N5O3. The van der Waals surface area contributed by atoms with Crippen LogP contribution >= 0.6 is 0 Å². The fourth-order valence-electron chi connectivity index (χ4n) is 2.94. The third-order valence-corrected chi connectivity index (χ3v) is 4.57. The molecule has 2 heterocycles. The van der Waals surface area contributed by atoms with Crippen molar-refractivity contribution in [3.63, 3.8) is 0 Å². The minimum atomic E-state index is -0.482. The minimum absolute atomic E-state index is 0.126. The molecule has 27 heavy (non-hydrogen) atoms. The van der Waals surface area contributed by atoms with Crippen LogP contribution in [0, 0.1) is 17.0 Å². The second-order valence-electron chi connectivity index (χ2n) is 6.72. The summed E-state index contributed by atoms with van der Waals surface area (Å²) in [5, 5.41) is 17.3. The molecule has 0 unspecified atom stereocenters. The number of fused-ring (bicyclic) bond motifs is 1. The Morgan fingerprint density at radius 2 is 2.15 bits per heavy atom. The molecule has 1 fully saturated rings. The van der Waals surface area contributed by atoms with E-state index in [-0.39, 0.29) is 17.6 Å². The molecule has 1 aromatic carbocycles. The Balaban J connectivity index is 1.54. The van der Waals surface area contributed by atoms with Crippen LogP contribution in [0.25, 0.3) is 5.65 Å². The lowest BCUT2D eigenvalue weighted by molar-refractivity contribution is -0.384. The van der Waals surface area contributed by atoms with E-state index in [4.69, 9.17) is 0 Å². The molecule has 2 N–H and O–H groups in total. The molecule has 0 saturated heterocycles. The highest BCUT2D eigenvalue weighted by Crippen LogP contribution is 2.27. The lowest BCUT2D eigenvalue weighted by Crippen LogP contribution is -2.25.